The van der Waals surface area contributed by atoms with Crippen LogP contribution in [-0.4, -0.2) is 37.7 Å². The average Bonchev–Trinajstić information content (AvgIpc) is 3.18. The molecular weight excluding hydrogens is 425 g/mol. The molecule has 0 fully saturated rings. The third kappa shape index (κ3) is 4.24. The van der Waals surface area contributed by atoms with Gasteiger partial charge in [-0.05, 0) is 18.6 Å². The Hall–Kier alpha value is -3.96. The molecule has 12 heteroatoms. The van der Waals surface area contributed by atoms with Gasteiger partial charge in [0.25, 0.3) is 5.91 Å². The average molecular weight is 444 g/mol. The Morgan fingerprint density at radius 3 is 2.66 bits per heavy atom. The minimum Gasteiger partial charge on any atom is -0.350 e. The molecule has 0 saturated heterocycles. The monoisotopic (exact) mass is 444 g/mol. The molecule has 166 valence electrons. The number of pyridine rings is 1. The molecular formula is C20H19F3N8O. The predicted octanol–water partition coefficient (Wildman–Crippen LogP) is 2.96. The van der Waals surface area contributed by atoms with E-state index in [9.17, 15) is 18.0 Å². The molecule has 0 bridgehead atoms. The number of aryl methyl sites for hydroxylation is 1. The lowest BCUT2D eigenvalue weighted by Gasteiger charge is -2.28. The van der Waals surface area contributed by atoms with E-state index in [1.165, 1.54) is 12.3 Å². The zero-order chi connectivity index (χ0) is 23.0. The number of aromatic nitrogens is 5. The molecule has 1 aliphatic heterocycles. The minimum absolute atomic E-state index is 0.278. The standard InChI is InChI=1S/C20H19F3N8O/c1-11-16-17(30(3)12(2)18(32)28-16)29-19(27-11)25-7-14-8-26-31(10-14)9-13-4-5-15(24-6-13)20(21,22)23/h4-6,8,10H,2,7,9H2,1,3H3,(H,28,32)(H,25,27,29). The molecule has 0 unspecified atom stereocenters. The van der Waals surface area contributed by atoms with Gasteiger partial charge >= 0.3 is 6.18 Å². The molecule has 3 aromatic heterocycles. The van der Waals surface area contributed by atoms with E-state index >= 15 is 0 Å². The maximum atomic E-state index is 12.6. The molecule has 1 aliphatic rings. The summed E-state index contributed by atoms with van der Waals surface area (Å²) < 4.78 is 39.5. The summed E-state index contributed by atoms with van der Waals surface area (Å²) in [6.07, 6.45) is 0.136. The molecule has 0 radical (unpaired) electrons. The Labute approximate surface area is 181 Å². The van der Waals surface area contributed by atoms with E-state index in [-0.39, 0.29) is 18.1 Å². The molecule has 3 aromatic rings. The number of halogens is 3. The highest BCUT2D eigenvalue weighted by Gasteiger charge is 2.32. The minimum atomic E-state index is -4.46. The van der Waals surface area contributed by atoms with Crippen molar-refractivity contribution in [3.05, 3.63) is 65.5 Å². The van der Waals surface area contributed by atoms with Crippen molar-refractivity contribution in [2.45, 2.75) is 26.2 Å². The van der Waals surface area contributed by atoms with Gasteiger partial charge in [0, 0.05) is 31.5 Å². The van der Waals surface area contributed by atoms with Crippen LogP contribution in [0.3, 0.4) is 0 Å². The molecule has 9 nitrogen and oxygen atoms in total. The fourth-order valence-corrected chi connectivity index (χ4v) is 3.13. The van der Waals surface area contributed by atoms with Crippen molar-refractivity contribution in [2.75, 3.05) is 22.6 Å². The maximum absolute atomic E-state index is 12.6. The lowest BCUT2D eigenvalue weighted by molar-refractivity contribution is -0.141. The number of carbonyl (C=O) groups is 1. The number of hydrogen-bond acceptors (Lipinski definition) is 7. The fourth-order valence-electron chi connectivity index (χ4n) is 3.13. The molecule has 0 spiro atoms. The van der Waals surface area contributed by atoms with Crippen LogP contribution in [0.2, 0.25) is 0 Å². The van der Waals surface area contributed by atoms with Crippen LogP contribution in [0.1, 0.15) is 22.5 Å². The first-order valence-electron chi connectivity index (χ1n) is 9.52. The van der Waals surface area contributed by atoms with Crippen molar-refractivity contribution in [3.63, 3.8) is 0 Å². The summed E-state index contributed by atoms with van der Waals surface area (Å²) in [5, 5.41) is 10.1. The second-order valence-electron chi connectivity index (χ2n) is 7.24. The number of nitrogens with one attached hydrogen (secondary N) is 2. The van der Waals surface area contributed by atoms with Gasteiger partial charge in [-0.25, -0.2) is 4.98 Å². The highest BCUT2D eigenvalue weighted by molar-refractivity contribution is 6.11. The first kappa shape index (κ1) is 21.3. The van der Waals surface area contributed by atoms with Crippen molar-refractivity contribution >= 4 is 23.4 Å². The van der Waals surface area contributed by atoms with Gasteiger partial charge in [0.05, 0.1) is 18.4 Å². The number of amides is 1. The van der Waals surface area contributed by atoms with Crippen LogP contribution in [-0.2, 0) is 24.1 Å². The first-order chi connectivity index (χ1) is 15.1. The highest BCUT2D eigenvalue weighted by atomic mass is 19.4. The molecule has 1 amide bonds. The molecule has 32 heavy (non-hydrogen) atoms. The number of nitrogens with zero attached hydrogens (tertiary/aromatic N) is 6. The third-order valence-electron chi connectivity index (χ3n) is 4.89. The quantitative estimate of drug-likeness (QED) is 0.584. The lowest BCUT2D eigenvalue weighted by Crippen LogP contribution is -2.34. The van der Waals surface area contributed by atoms with E-state index in [4.69, 9.17) is 0 Å². The first-order valence-corrected chi connectivity index (χ1v) is 9.52. The van der Waals surface area contributed by atoms with Gasteiger partial charge in [0.2, 0.25) is 5.95 Å². The van der Waals surface area contributed by atoms with Gasteiger partial charge in [0.15, 0.2) is 5.82 Å². The van der Waals surface area contributed by atoms with Crippen molar-refractivity contribution < 1.29 is 18.0 Å². The van der Waals surface area contributed by atoms with Crippen LogP contribution >= 0.6 is 0 Å². The normalized spacial score (nSPS) is 13.7. The molecule has 4 heterocycles. The maximum Gasteiger partial charge on any atom is 0.433 e. The molecule has 4 rings (SSSR count). The summed E-state index contributed by atoms with van der Waals surface area (Å²) in [5.74, 6) is 0.606. The highest BCUT2D eigenvalue weighted by Crippen LogP contribution is 2.33. The van der Waals surface area contributed by atoms with E-state index in [1.54, 1.807) is 35.9 Å². The van der Waals surface area contributed by atoms with Gasteiger partial charge in [-0.2, -0.15) is 23.3 Å². The Morgan fingerprint density at radius 2 is 1.97 bits per heavy atom. The third-order valence-corrected chi connectivity index (χ3v) is 4.89. The van der Waals surface area contributed by atoms with Gasteiger partial charge in [0.1, 0.15) is 17.1 Å². The van der Waals surface area contributed by atoms with Crippen molar-refractivity contribution in [1.29, 1.82) is 0 Å². The van der Waals surface area contributed by atoms with E-state index in [2.05, 4.69) is 37.3 Å². The summed E-state index contributed by atoms with van der Waals surface area (Å²) in [7, 11) is 1.70. The molecule has 0 aromatic carbocycles. The van der Waals surface area contributed by atoms with Crippen LogP contribution in [0.4, 0.5) is 30.6 Å². The number of likely N-dealkylation sites (N-methyl/N-ethyl adjacent to an activating group) is 1. The molecule has 2 N–H and O–H groups in total. The van der Waals surface area contributed by atoms with Gasteiger partial charge in [-0.1, -0.05) is 12.6 Å². The van der Waals surface area contributed by atoms with Crippen LogP contribution in [0, 0.1) is 6.92 Å². The number of fused-ring (bicyclic) bond motifs is 1. The summed E-state index contributed by atoms with van der Waals surface area (Å²) in [6.45, 7) is 6.17. The van der Waals surface area contributed by atoms with E-state index in [1.807, 2.05) is 0 Å². The molecule has 0 saturated carbocycles. The zero-order valence-corrected chi connectivity index (χ0v) is 17.2. The van der Waals surface area contributed by atoms with Gasteiger partial charge < -0.3 is 15.5 Å². The fraction of sp³-hybridized carbons (Fsp3) is 0.250. The summed E-state index contributed by atoms with van der Waals surface area (Å²) in [4.78, 5) is 25.8. The smallest absolute Gasteiger partial charge is 0.350 e. The van der Waals surface area contributed by atoms with E-state index in [0.29, 0.717) is 35.3 Å². The van der Waals surface area contributed by atoms with E-state index in [0.717, 1.165) is 11.6 Å². The predicted molar refractivity (Wildman–Crippen MR) is 111 cm³/mol. The number of alkyl halides is 3. The topological polar surface area (TPSA) is 101 Å². The number of hydrogen-bond donors (Lipinski definition) is 2. The van der Waals surface area contributed by atoms with Gasteiger partial charge in [-0.15, -0.1) is 0 Å². The van der Waals surface area contributed by atoms with E-state index < -0.39 is 11.9 Å². The van der Waals surface area contributed by atoms with Crippen LogP contribution in [0.15, 0.2) is 43.0 Å². The zero-order valence-electron chi connectivity index (χ0n) is 17.2. The summed E-state index contributed by atoms with van der Waals surface area (Å²) in [6, 6.07) is 2.33. The number of rotatable bonds is 5. The van der Waals surface area contributed by atoms with Crippen molar-refractivity contribution in [2.24, 2.45) is 0 Å². The summed E-state index contributed by atoms with van der Waals surface area (Å²) >= 11 is 0. The van der Waals surface area contributed by atoms with Crippen LogP contribution in [0.25, 0.3) is 0 Å². The SMILES string of the molecule is C=C1C(=O)Nc2c(C)nc(NCc3cnn(Cc4ccc(C(F)(F)F)nc4)c3)nc2N1C. The second kappa shape index (κ2) is 7.94. The Bertz CT molecular complexity index is 1190. The summed E-state index contributed by atoms with van der Waals surface area (Å²) in [5.41, 5.74) is 1.92. The lowest BCUT2D eigenvalue weighted by atomic mass is 10.2. The van der Waals surface area contributed by atoms with Crippen molar-refractivity contribution in [3.8, 4) is 0 Å². The number of carbonyl (C=O) groups excluding carboxylic acids is 1. The Balaban J connectivity index is 1.42. The number of anilines is 3. The second-order valence-corrected chi connectivity index (χ2v) is 7.24. The van der Waals surface area contributed by atoms with Gasteiger partial charge in [-0.3, -0.25) is 14.5 Å². The van der Waals surface area contributed by atoms with Crippen molar-refractivity contribution in [1.82, 2.24) is 24.7 Å². The Morgan fingerprint density at radius 1 is 1.19 bits per heavy atom. The molecule has 0 aliphatic carbocycles. The molecule has 0 atom stereocenters. The largest absolute Gasteiger partial charge is 0.433 e. The van der Waals surface area contributed by atoms with Crippen LogP contribution < -0.4 is 15.5 Å². The van der Waals surface area contributed by atoms with Crippen LogP contribution in [0.5, 0.6) is 0 Å². The Kier molecular flexibility index (Phi) is 5.28.